The van der Waals surface area contributed by atoms with Gasteiger partial charge < -0.3 is 15.8 Å². The maximum atomic E-state index is 10.5. The zero-order valence-corrected chi connectivity index (χ0v) is 10.7. The Morgan fingerprint density at radius 3 is 2.83 bits per heavy atom. The van der Waals surface area contributed by atoms with Crippen molar-refractivity contribution in [1.29, 1.82) is 0 Å². The molecular weight excluding hydrogens is 228 g/mol. The molecular formula is C14H20N2O2. The number of amides is 1. The number of hydrogen-bond donors (Lipinski definition) is 2. The van der Waals surface area contributed by atoms with Gasteiger partial charge >= 0.3 is 6.09 Å². The lowest BCUT2D eigenvalue weighted by atomic mass is 9.81. The molecule has 0 heterocycles. The zero-order chi connectivity index (χ0) is 13.0. The summed E-state index contributed by atoms with van der Waals surface area (Å²) in [4.78, 5) is 10.5. The second-order valence-electron chi connectivity index (χ2n) is 4.78. The highest BCUT2D eigenvalue weighted by Crippen LogP contribution is 2.36. The van der Waals surface area contributed by atoms with E-state index in [1.165, 1.54) is 17.5 Å². The molecule has 1 aliphatic carbocycles. The van der Waals surface area contributed by atoms with E-state index >= 15 is 0 Å². The Morgan fingerprint density at radius 2 is 2.11 bits per heavy atom. The number of rotatable bonds is 4. The van der Waals surface area contributed by atoms with Crippen molar-refractivity contribution in [3.8, 4) is 0 Å². The van der Waals surface area contributed by atoms with Crippen LogP contribution >= 0.6 is 0 Å². The first-order valence-corrected chi connectivity index (χ1v) is 6.43. The maximum Gasteiger partial charge on any atom is 0.404 e. The van der Waals surface area contributed by atoms with Crippen LogP contribution in [0.4, 0.5) is 4.79 Å². The van der Waals surface area contributed by atoms with E-state index in [0.717, 1.165) is 6.42 Å². The first-order chi connectivity index (χ1) is 8.68. The molecule has 0 aromatic heterocycles. The van der Waals surface area contributed by atoms with Gasteiger partial charge in [-0.3, -0.25) is 0 Å². The van der Waals surface area contributed by atoms with Crippen molar-refractivity contribution in [1.82, 2.24) is 5.32 Å². The van der Waals surface area contributed by atoms with Crippen molar-refractivity contribution < 1.29 is 9.53 Å². The zero-order valence-electron chi connectivity index (χ0n) is 10.7. The topological polar surface area (TPSA) is 64.3 Å². The van der Waals surface area contributed by atoms with E-state index in [2.05, 4.69) is 36.5 Å². The van der Waals surface area contributed by atoms with Gasteiger partial charge in [-0.1, -0.05) is 31.2 Å². The van der Waals surface area contributed by atoms with E-state index in [9.17, 15) is 4.79 Å². The standard InChI is InChI=1S/C14H20N2O2/c1-10-6-7-13(16-8-9-18-14(15)17)12-5-3-2-4-11(10)12/h2-5,10,13,16H,6-9H2,1H3,(H2,15,17). The van der Waals surface area contributed by atoms with Crippen LogP contribution in [0.15, 0.2) is 24.3 Å². The van der Waals surface area contributed by atoms with Gasteiger partial charge in [-0.15, -0.1) is 0 Å². The molecule has 0 saturated heterocycles. The summed E-state index contributed by atoms with van der Waals surface area (Å²) >= 11 is 0. The van der Waals surface area contributed by atoms with E-state index in [4.69, 9.17) is 10.5 Å². The number of benzene rings is 1. The summed E-state index contributed by atoms with van der Waals surface area (Å²) in [5.74, 6) is 0.626. The minimum atomic E-state index is -0.713. The number of nitrogens with one attached hydrogen (secondary N) is 1. The molecule has 0 aliphatic heterocycles. The van der Waals surface area contributed by atoms with E-state index in [0.29, 0.717) is 25.1 Å². The molecule has 0 saturated carbocycles. The minimum Gasteiger partial charge on any atom is -0.448 e. The number of nitrogens with two attached hydrogens (primary N) is 1. The molecule has 3 N–H and O–H groups in total. The lowest BCUT2D eigenvalue weighted by molar-refractivity contribution is 0.155. The number of carbonyl (C=O) groups is 1. The summed E-state index contributed by atoms with van der Waals surface area (Å²) in [6, 6.07) is 8.90. The van der Waals surface area contributed by atoms with E-state index < -0.39 is 6.09 Å². The fourth-order valence-corrected chi connectivity index (χ4v) is 2.60. The van der Waals surface area contributed by atoms with Crippen LogP contribution in [-0.2, 0) is 4.74 Å². The van der Waals surface area contributed by atoms with E-state index in [1.54, 1.807) is 0 Å². The molecule has 2 rings (SSSR count). The van der Waals surface area contributed by atoms with Crippen molar-refractivity contribution in [2.24, 2.45) is 5.73 Å². The number of primary amides is 1. The van der Waals surface area contributed by atoms with Crippen LogP contribution in [0.5, 0.6) is 0 Å². The highest BCUT2D eigenvalue weighted by atomic mass is 16.5. The molecule has 0 fully saturated rings. The molecule has 2 unspecified atom stereocenters. The van der Waals surface area contributed by atoms with Crippen molar-refractivity contribution in [3.63, 3.8) is 0 Å². The largest absolute Gasteiger partial charge is 0.448 e. The first-order valence-electron chi connectivity index (χ1n) is 6.43. The Morgan fingerprint density at radius 1 is 1.39 bits per heavy atom. The Hall–Kier alpha value is -1.55. The van der Waals surface area contributed by atoms with Crippen LogP contribution in [0.2, 0.25) is 0 Å². The quantitative estimate of drug-likeness (QED) is 0.804. The molecule has 1 aliphatic rings. The Labute approximate surface area is 108 Å². The van der Waals surface area contributed by atoms with Gasteiger partial charge in [0, 0.05) is 12.6 Å². The number of carbonyl (C=O) groups excluding carboxylic acids is 1. The summed E-state index contributed by atoms with van der Waals surface area (Å²) in [5.41, 5.74) is 7.72. The molecule has 1 aromatic carbocycles. The third kappa shape index (κ3) is 3.01. The third-order valence-electron chi connectivity index (χ3n) is 3.53. The van der Waals surface area contributed by atoms with Crippen LogP contribution in [-0.4, -0.2) is 19.2 Å². The van der Waals surface area contributed by atoms with Gasteiger partial charge in [0.05, 0.1) is 0 Å². The second kappa shape index (κ2) is 5.87. The van der Waals surface area contributed by atoms with Crippen molar-refractivity contribution >= 4 is 6.09 Å². The molecule has 0 spiro atoms. The Kier molecular flexibility index (Phi) is 4.20. The summed E-state index contributed by atoms with van der Waals surface area (Å²) in [7, 11) is 0. The predicted molar refractivity (Wildman–Crippen MR) is 70.4 cm³/mol. The molecule has 4 nitrogen and oxygen atoms in total. The molecule has 98 valence electrons. The first kappa shape index (κ1) is 12.9. The van der Waals surface area contributed by atoms with Gasteiger partial charge in [-0.25, -0.2) is 4.79 Å². The summed E-state index contributed by atoms with van der Waals surface area (Å²) in [6.07, 6.45) is 1.59. The molecule has 1 aromatic rings. The van der Waals surface area contributed by atoms with Crippen molar-refractivity contribution in [2.45, 2.75) is 31.7 Å². The van der Waals surface area contributed by atoms with Gasteiger partial charge in [0.15, 0.2) is 0 Å². The fraction of sp³-hybridized carbons (Fsp3) is 0.500. The van der Waals surface area contributed by atoms with Crippen molar-refractivity contribution in [2.75, 3.05) is 13.2 Å². The monoisotopic (exact) mass is 248 g/mol. The lowest BCUT2D eigenvalue weighted by Crippen LogP contribution is -2.30. The Bertz CT molecular complexity index is 420. The minimum absolute atomic E-state index is 0.323. The van der Waals surface area contributed by atoms with Crippen molar-refractivity contribution in [3.05, 3.63) is 35.4 Å². The average molecular weight is 248 g/mol. The van der Waals surface area contributed by atoms with Gasteiger partial charge in [0.2, 0.25) is 0 Å². The third-order valence-corrected chi connectivity index (χ3v) is 3.53. The summed E-state index contributed by atoms with van der Waals surface area (Å²) in [5, 5.41) is 3.42. The predicted octanol–water partition coefficient (Wildman–Crippen LogP) is 2.31. The molecule has 4 heteroatoms. The number of ether oxygens (including phenoxy) is 1. The van der Waals surface area contributed by atoms with Gasteiger partial charge in [0.25, 0.3) is 0 Å². The van der Waals surface area contributed by atoms with Crippen LogP contribution in [0.25, 0.3) is 0 Å². The lowest BCUT2D eigenvalue weighted by Gasteiger charge is -2.30. The molecule has 18 heavy (non-hydrogen) atoms. The Balaban J connectivity index is 1.94. The molecule has 0 bridgehead atoms. The average Bonchev–Trinajstić information content (AvgIpc) is 2.37. The van der Waals surface area contributed by atoms with Crippen LogP contribution in [0.3, 0.4) is 0 Å². The maximum absolute atomic E-state index is 10.5. The smallest absolute Gasteiger partial charge is 0.404 e. The van der Waals surface area contributed by atoms with Gasteiger partial charge in [0.1, 0.15) is 6.61 Å². The van der Waals surface area contributed by atoms with Gasteiger partial charge in [-0.05, 0) is 29.9 Å². The van der Waals surface area contributed by atoms with Crippen LogP contribution in [0, 0.1) is 0 Å². The highest BCUT2D eigenvalue weighted by Gasteiger charge is 2.23. The SMILES string of the molecule is CC1CCC(NCCOC(N)=O)c2ccccc21. The van der Waals surface area contributed by atoms with Gasteiger partial charge in [-0.2, -0.15) is 0 Å². The van der Waals surface area contributed by atoms with Crippen LogP contribution < -0.4 is 11.1 Å². The van der Waals surface area contributed by atoms with E-state index in [1.807, 2.05) is 0 Å². The molecule has 2 atom stereocenters. The molecule has 0 radical (unpaired) electrons. The number of hydrogen-bond acceptors (Lipinski definition) is 3. The molecule has 1 amide bonds. The summed E-state index contributed by atoms with van der Waals surface area (Å²) in [6.45, 7) is 3.23. The summed E-state index contributed by atoms with van der Waals surface area (Å²) < 4.78 is 4.72. The van der Waals surface area contributed by atoms with Crippen LogP contribution in [0.1, 0.15) is 42.9 Å². The number of fused-ring (bicyclic) bond motifs is 1. The van der Waals surface area contributed by atoms with E-state index in [-0.39, 0.29) is 0 Å². The second-order valence-corrected chi connectivity index (χ2v) is 4.78. The fourth-order valence-electron chi connectivity index (χ4n) is 2.60. The normalized spacial score (nSPS) is 22.3. The highest BCUT2D eigenvalue weighted by molar-refractivity contribution is 5.64.